The van der Waals surface area contributed by atoms with Gasteiger partial charge in [0.25, 0.3) is 0 Å². The fourth-order valence-electron chi connectivity index (χ4n) is 1.62. The smallest absolute Gasteiger partial charge is 0.0922 e. The van der Waals surface area contributed by atoms with Gasteiger partial charge in [0.1, 0.15) is 0 Å². The second kappa shape index (κ2) is 5.00. The molecule has 1 heterocycles. The molecule has 84 valence electrons. The molecule has 1 aromatic heterocycles. The second-order valence-corrected chi connectivity index (χ2v) is 5.55. The molecule has 0 saturated carbocycles. The van der Waals surface area contributed by atoms with Crippen molar-refractivity contribution in [1.82, 2.24) is 0 Å². The molecule has 0 aliphatic rings. The van der Waals surface area contributed by atoms with Crippen molar-refractivity contribution in [2.75, 3.05) is 0 Å². The summed E-state index contributed by atoms with van der Waals surface area (Å²) in [6, 6.07) is 11.6. The first-order chi connectivity index (χ1) is 7.65. The van der Waals surface area contributed by atoms with Gasteiger partial charge in [-0.2, -0.15) is 0 Å². The van der Waals surface area contributed by atoms with Crippen LogP contribution < -0.4 is 0 Å². The van der Waals surface area contributed by atoms with E-state index in [1.807, 2.05) is 43.3 Å². The molecule has 1 unspecified atom stereocenters. The Kier molecular flexibility index (Phi) is 3.64. The predicted octanol–water partition coefficient (Wildman–Crippen LogP) is 3.99. The lowest BCUT2D eigenvalue weighted by Gasteiger charge is -2.08. The van der Waals surface area contributed by atoms with Crippen LogP contribution in [0.25, 0.3) is 0 Å². The predicted molar refractivity (Wildman–Crippen MR) is 69.2 cm³/mol. The summed E-state index contributed by atoms with van der Waals surface area (Å²) in [7, 11) is 0. The van der Waals surface area contributed by atoms with E-state index < -0.39 is 6.10 Å². The van der Waals surface area contributed by atoms with Gasteiger partial charge in [0.15, 0.2) is 0 Å². The highest BCUT2D eigenvalue weighted by molar-refractivity contribution is 7.12. The quantitative estimate of drug-likeness (QED) is 0.876. The van der Waals surface area contributed by atoms with Crippen molar-refractivity contribution in [1.29, 1.82) is 0 Å². The topological polar surface area (TPSA) is 20.2 Å². The second-order valence-electron chi connectivity index (χ2n) is 3.80. The summed E-state index contributed by atoms with van der Waals surface area (Å²) in [5, 5.41) is 10.8. The molecule has 0 saturated heterocycles. The largest absolute Gasteiger partial charge is 0.387 e. The highest BCUT2D eigenvalue weighted by Gasteiger charge is 2.10. The van der Waals surface area contributed by atoms with Crippen LogP contribution in [0.2, 0.25) is 5.02 Å². The van der Waals surface area contributed by atoms with Crippen molar-refractivity contribution >= 4 is 22.9 Å². The number of aliphatic hydroxyl groups excluding tert-OH is 1. The average Bonchev–Trinajstić information content (AvgIpc) is 2.65. The Hall–Kier alpha value is -0.830. The minimum Gasteiger partial charge on any atom is -0.387 e. The van der Waals surface area contributed by atoms with Gasteiger partial charge in [-0.3, -0.25) is 0 Å². The number of rotatable bonds is 3. The van der Waals surface area contributed by atoms with Gasteiger partial charge in [-0.15, -0.1) is 11.3 Å². The molecule has 0 spiro atoms. The van der Waals surface area contributed by atoms with Gasteiger partial charge >= 0.3 is 0 Å². The zero-order chi connectivity index (χ0) is 11.5. The Bertz CT molecular complexity index is 478. The lowest BCUT2D eigenvalue weighted by molar-refractivity contribution is 0.182. The van der Waals surface area contributed by atoms with E-state index in [4.69, 9.17) is 11.6 Å². The standard InChI is InChI=1S/C13H13ClOS/c1-9-5-6-13(16-9)12(15)8-10-3-2-4-11(14)7-10/h2-7,12,15H,8H2,1H3. The molecular formula is C13H13ClOS. The zero-order valence-electron chi connectivity index (χ0n) is 8.98. The average molecular weight is 253 g/mol. The maximum atomic E-state index is 10.0. The first-order valence-corrected chi connectivity index (χ1v) is 6.33. The molecule has 0 aliphatic heterocycles. The number of benzene rings is 1. The molecule has 1 atom stereocenters. The third-order valence-electron chi connectivity index (χ3n) is 2.41. The van der Waals surface area contributed by atoms with E-state index in [2.05, 4.69) is 0 Å². The highest BCUT2D eigenvalue weighted by atomic mass is 35.5. The van der Waals surface area contributed by atoms with E-state index >= 15 is 0 Å². The molecule has 1 N–H and O–H groups in total. The molecule has 0 amide bonds. The maximum absolute atomic E-state index is 10.0. The van der Waals surface area contributed by atoms with E-state index in [-0.39, 0.29) is 0 Å². The van der Waals surface area contributed by atoms with Crippen LogP contribution in [-0.2, 0) is 6.42 Å². The van der Waals surface area contributed by atoms with Crippen molar-refractivity contribution in [3.05, 3.63) is 56.7 Å². The molecule has 2 rings (SSSR count). The minimum absolute atomic E-state index is 0.433. The van der Waals surface area contributed by atoms with Crippen LogP contribution >= 0.6 is 22.9 Å². The number of aryl methyl sites for hydroxylation is 1. The van der Waals surface area contributed by atoms with Crippen molar-refractivity contribution in [3.8, 4) is 0 Å². The summed E-state index contributed by atoms with van der Waals surface area (Å²) in [4.78, 5) is 2.23. The SMILES string of the molecule is Cc1ccc(C(O)Cc2cccc(Cl)c2)s1. The molecule has 0 bridgehead atoms. The molecule has 0 aliphatic carbocycles. The van der Waals surface area contributed by atoms with Crippen LogP contribution in [0.4, 0.5) is 0 Å². The number of thiophene rings is 1. The van der Waals surface area contributed by atoms with Crippen molar-refractivity contribution in [2.45, 2.75) is 19.4 Å². The summed E-state index contributed by atoms with van der Waals surface area (Å²) >= 11 is 7.54. The fourth-order valence-corrected chi connectivity index (χ4v) is 2.70. The Balaban J connectivity index is 2.10. The summed E-state index contributed by atoms with van der Waals surface area (Å²) in [5.41, 5.74) is 1.06. The molecule has 16 heavy (non-hydrogen) atoms. The van der Waals surface area contributed by atoms with E-state index in [1.165, 1.54) is 4.88 Å². The Morgan fingerprint density at radius 1 is 1.31 bits per heavy atom. The van der Waals surface area contributed by atoms with Crippen LogP contribution in [-0.4, -0.2) is 5.11 Å². The number of hydrogen-bond donors (Lipinski definition) is 1. The summed E-state index contributed by atoms with van der Waals surface area (Å²) in [6.45, 7) is 2.04. The fraction of sp³-hybridized carbons (Fsp3) is 0.231. The molecular weight excluding hydrogens is 240 g/mol. The van der Waals surface area contributed by atoms with Gasteiger partial charge < -0.3 is 5.11 Å². The monoisotopic (exact) mass is 252 g/mol. The normalized spacial score (nSPS) is 12.7. The van der Waals surface area contributed by atoms with Crippen molar-refractivity contribution in [2.24, 2.45) is 0 Å². The van der Waals surface area contributed by atoms with Gasteiger partial charge in [0, 0.05) is 21.2 Å². The van der Waals surface area contributed by atoms with Crippen LogP contribution in [0.3, 0.4) is 0 Å². The minimum atomic E-state index is -0.433. The van der Waals surface area contributed by atoms with E-state index in [0.29, 0.717) is 11.4 Å². The van der Waals surface area contributed by atoms with Crippen LogP contribution in [0.5, 0.6) is 0 Å². The van der Waals surface area contributed by atoms with Crippen LogP contribution in [0.1, 0.15) is 21.4 Å². The molecule has 0 fully saturated rings. The van der Waals surface area contributed by atoms with Gasteiger partial charge in [-0.25, -0.2) is 0 Å². The Morgan fingerprint density at radius 3 is 2.75 bits per heavy atom. The van der Waals surface area contributed by atoms with Gasteiger partial charge in [0.2, 0.25) is 0 Å². The van der Waals surface area contributed by atoms with Crippen molar-refractivity contribution in [3.63, 3.8) is 0 Å². The molecule has 2 aromatic rings. The zero-order valence-corrected chi connectivity index (χ0v) is 10.6. The number of halogens is 1. The lowest BCUT2D eigenvalue weighted by Crippen LogP contribution is -1.99. The summed E-state index contributed by atoms with van der Waals surface area (Å²) < 4.78 is 0. The lowest BCUT2D eigenvalue weighted by atomic mass is 10.1. The summed E-state index contributed by atoms with van der Waals surface area (Å²) in [5.74, 6) is 0. The Morgan fingerprint density at radius 2 is 2.12 bits per heavy atom. The van der Waals surface area contributed by atoms with E-state index in [1.54, 1.807) is 11.3 Å². The molecule has 0 radical (unpaired) electrons. The van der Waals surface area contributed by atoms with E-state index in [0.717, 1.165) is 10.4 Å². The van der Waals surface area contributed by atoms with Gasteiger partial charge in [-0.1, -0.05) is 23.7 Å². The maximum Gasteiger partial charge on any atom is 0.0922 e. The Labute approximate surface area is 104 Å². The van der Waals surface area contributed by atoms with Gasteiger partial charge in [0.05, 0.1) is 6.10 Å². The third-order valence-corrected chi connectivity index (χ3v) is 3.74. The number of aliphatic hydroxyl groups is 1. The van der Waals surface area contributed by atoms with E-state index in [9.17, 15) is 5.11 Å². The molecule has 1 aromatic carbocycles. The summed E-state index contributed by atoms with van der Waals surface area (Å²) in [6.07, 6.45) is 0.178. The first kappa shape index (κ1) is 11.6. The first-order valence-electron chi connectivity index (χ1n) is 5.14. The van der Waals surface area contributed by atoms with Crippen LogP contribution in [0, 0.1) is 6.92 Å². The molecule has 1 nitrogen and oxygen atoms in total. The highest BCUT2D eigenvalue weighted by Crippen LogP contribution is 2.26. The molecule has 3 heteroatoms. The van der Waals surface area contributed by atoms with Crippen LogP contribution in [0.15, 0.2) is 36.4 Å². The van der Waals surface area contributed by atoms with Gasteiger partial charge in [-0.05, 0) is 36.8 Å². The third kappa shape index (κ3) is 2.85. The van der Waals surface area contributed by atoms with Crippen molar-refractivity contribution < 1.29 is 5.11 Å². The number of hydrogen-bond acceptors (Lipinski definition) is 2.